The van der Waals surface area contributed by atoms with Crippen LogP contribution in [0, 0.1) is 17.2 Å². The lowest BCUT2D eigenvalue weighted by Gasteiger charge is -2.36. The largest absolute Gasteiger partial charge is 0.458 e. The summed E-state index contributed by atoms with van der Waals surface area (Å²) >= 11 is 3.48. The minimum Gasteiger partial charge on any atom is -0.458 e. The van der Waals surface area contributed by atoms with Crippen molar-refractivity contribution in [2.75, 3.05) is 26.3 Å². The molecule has 4 atom stereocenters. The Morgan fingerprint density at radius 3 is 2.62 bits per heavy atom. The number of nitrogens with one attached hydrogen (secondary N) is 2. The molecule has 5 rings (SSSR count). The van der Waals surface area contributed by atoms with Gasteiger partial charge in [-0.15, -0.1) is 0 Å². The second-order valence-electron chi connectivity index (χ2n) is 8.31. The molecule has 2 aromatic rings. The number of allylic oxidation sites excluding steroid dienone is 1. The van der Waals surface area contributed by atoms with Crippen molar-refractivity contribution >= 4 is 22.0 Å². The summed E-state index contributed by atoms with van der Waals surface area (Å²) in [6.45, 7) is 1.90. The molecular formula is C24H24BrN5O4. The van der Waals surface area contributed by atoms with Crippen LogP contribution in [0.2, 0.25) is 0 Å². The number of amides is 1. The molecule has 0 spiro atoms. The number of ether oxygens (including phenoxy) is 3. The van der Waals surface area contributed by atoms with Crippen molar-refractivity contribution in [3.05, 3.63) is 75.6 Å². The first-order valence-corrected chi connectivity index (χ1v) is 11.8. The average Bonchev–Trinajstić information content (AvgIpc) is 3.28. The Kier molecular flexibility index (Phi) is 6.43. The SMILES string of the molecule is N#CC1=C(N)OC2NNC(c3ccc(Br)cc3)C2C1c1ccccc1OC(=O)N1CCOCC1. The Labute approximate surface area is 205 Å². The summed E-state index contributed by atoms with van der Waals surface area (Å²) in [5, 5.41) is 10.0. The lowest BCUT2D eigenvalue weighted by atomic mass is 9.74. The van der Waals surface area contributed by atoms with E-state index in [1.165, 1.54) is 0 Å². The van der Waals surface area contributed by atoms with Crippen molar-refractivity contribution in [3.8, 4) is 11.8 Å². The second kappa shape index (κ2) is 9.64. The summed E-state index contributed by atoms with van der Waals surface area (Å²) in [5.41, 5.74) is 14.7. The predicted molar refractivity (Wildman–Crippen MR) is 126 cm³/mol. The maximum Gasteiger partial charge on any atom is 0.415 e. The van der Waals surface area contributed by atoms with Crippen LogP contribution in [0.4, 0.5) is 4.79 Å². The Hall–Kier alpha value is -3.10. The normalized spacial score (nSPS) is 26.4. The van der Waals surface area contributed by atoms with Crippen LogP contribution >= 0.6 is 15.9 Å². The van der Waals surface area contributed by atoms with E-state index in [-0.39, 0.29) is 17.8 Å². The van der Waals surface area contributed by atoms with E-state index >= 15 is 0 Å². The minimum absolute atomic E-state index is 0.0637. The van der Waals surface area contributed by atoms with Crippen LogP contribution in [-0.4, -0.2) is 43.5 Å². The Morgan fingerprint density at radius 2 is 1.88 bits per heavy atom. The van der Waals surface area contributed by atoms with E-state index in [1.807, 2.05) is 36.4 Å². The van der Waals surface area contributed by atoms with Crippen LogP contribution in [0.1, 0.15) is 23.1 Å². The van der Waals surface area contributed by atoms with Gasteiger partial charge in [-0.05, 0) is 23.8 Å². The zero-order valence-electron chi connectivity index (χ0n) is 18.2. The highest BCUT2D eigenvalue weighted by molar-refractivity contribution is 9.10. The number of morpholine rings is 1. The van der Waals surface area contributed by atoms with Crippen molar-refractivity contribution in [2.24, 2.45) is 11.7 Å². The number of fused-ring (bicyclic) bond motifs is 1. The van der Waals surface area contributed by atoms with Gasteiger partial charge in [0.1, 0.15) is 11.8 Å². The Morgan fingerprint density at radius 1 is 1.15 bits per heavy atom. The first-order chi connectivity index (χ1) is 16.6. The summed E-state index contributed by atoms with van der Waals surface area (Å²) in [6, 6.07) is 17.3. The molecule has 4 N–H and O–H groups in total. The number of nitrogens with zero attached hydrogens (tertiary/aromatic N) is 2. The molecule has 3 heterocycles. The van der Waals surface area contributed by atoms with Crippen LogP contribution in [0.5, 0.6) is 5.75 Å². The van der Waals surface area contributed by atoms with E-state index in [0.29, 0.717) is 43.2 Å². The van der Waals surface area contributed by atoms with E-state index < -0.39 is 18.2 Å². The van der Waals surface area contributed by atoms with Crippen LogP contribution in [0.3, 0.4) is 0 Å². The van der Waals surface area contributed by atoms with Gasteiger partial charge in [-0.2, -0.15) is 5.26 Å². The van der Waals surface area contributed by atoms with Crippen molar-refractivity contribution in [2.45, 2.75) is 18.2 Å². The van der Waals surface area contributed by atoms with Crippen molar-refractivity contribution < 1.29 is 19.0 Å². The van der Waals surface area contributed by atoms with Gasteiger partial charge >= 0.3 is 6.09 Å². The van der Waals surface area contributed by atoms with Gasteiger partial charge in [0.2, 0.25) is 5.88 Å². The van der Waals surface area contributed by atoms with Crippen LogP contribution in [0.15, 0.2) is 64.5 Å². The third-order valence-electron chi connectivity index (χ3n) is 6.40. The number of nitriles is 1. The van der Waals surface area contributed by atoms with Crippen molar-refractivity contribution in [1.82, 2.24) is 15.8 Å². The zero-order chi connectivity index (χ0) is 23.7. The van der Waals surface area contributed by atoms with Crippen LogP contribution < -0.4 is 21.3 Å². The first kappa shape index (κ1) is 22.7. The smallest absolute Gasteiger partial charge is 0.415 e. The summed E-state index contributed by atoms with van der Waals surface area (Å²) in [4.78, 5) is 14.5. The molecule has 0 aliphatic carbocycles. The first-order valence-electron chi connectivity index (χ1n) is 11.0. The number of rotatable bonds is 3. The fourth-order valence-corrected chi connectivity index (χ4v) is 5.02. The van der Waals surface area contributed by atoms with Crippen LogP contribution in [-0.2, 0) is 9.47 Å². The molecule has 2 fully saturated rings. The fraction of sp³-hybridized carbons (Fsp3) is 0.333. The number of carbonyl (C=O) groups excluding carboxylic acids is 1. The molecule has 1 amide bonds. The van der Waals surface area contributed by atoms with Gasteiger partial charge in [-0.25, -0.2) is 15.6 Å². The summed E-state index contributed by atoms with van der Waals surface area (Å²) in [5.74, 6) is -0.236. The van der Waals surface area contributed by atoms with Crippen molar-refractivity contribution in [3.63, 3.8) is 0 Å². The standard InChI is InChI=1S/C24H24BrN5O4/c25-15-7-5-14(6-8-15)21-20-19(17(13-26)22(27)34-23(20)29-28-21)16-3-1-2-4-18(16)33-24(31)30-9-11-32-12-10-30/h1-8,19-21,23,28-29H,9-12,27H2. The van der Waals surface area contributed by atoms with E-state index in [4.69, 9.17) is 19.9 Å². The molecule has 10 heteroatoms. The number of hydrogen-bond donors (Lipinski definition) is 3. The summed E-state index contributed by atoms with van der Waals surface area (Å²) in [7, 11) is 0. The highest BCUT2D eigenvalue weighted by Gasteiger charge is 2.50. The Balaban J connectivity index is 1.53. The van der Waals surface area contributed by atoms with E-state index in [2.05, 4.69) is 32.9 Å². The average molecular weight is 526 g/mol. The van der Waals surface area contributed by atoms with Gasteiger partial charge in [-0.3, -0.25) is 0 Å². The number of halogens is 1. The Bertz CT molecular complexity index is 1140. The van der Waals surface area contributed by atoms with Gasteiger partial charge in [0.25, 0.3) is 0 Å². The third kappa shape index (κ3) is 4.23. The van der Waals surface area contributed by atoms with Gasteiger partial charge < -0.3 is 24.8 Å². The molecule has 3 aliphatic heterocycles. The number of hydrogen-bond acceptors (Lipinski definition) is 8. The molecule has 176 valence electrons. The molecule has 0 bridgehead atoms. The molecule has 2 saturated heterocycles. The highest BCUT2D eigenvalue weighted by Crippen LogP contribution is 2.49. The zero-order valence-corrected chi connectivity index (χ0v) is 19.8. The summed E-state index contributed by atoms with van der Waals surface area (Å²) in [6.07, 6.45) is -0.916. The predicted octanol–water partition coefficient (Wildman–Crippen LogP) is 2.88. The molecule has 0 radical (unpaired) electrons. The monoisotopic (exact) mass is 525 g/mol. The topological polar surface area (TPSA) is 122 Å². The number of carbonyl (C=O) groups is 1. The van der Waals surface area contributed by atoms with E-state index in [0.717, 1.165) is 10.0 Å². The third-order valence-corrected chi connectivity index (χ3v) is 6.93. The molecular weight excluding hydrogens is 502 g/mol. The van der Waals surface area contributed by atoms with Gasteiger partial charge in [0.05, 0.1) is 24.8 Å². The maximum absolute atomic E-state index is 12.9. The molecule has 34 heavy (non-hydrogen) atoms. The van der Waals surface area contributed by atoms with Gasteiger partial charge in [0.15, 0.2) is 6.23 Å². The van der Waals surface area contributed by atoms with Gasteiger partial charge in [-0.1, -0.05) is 46.3 Å². The minimum atomic E-state index is -0.473. The van der Waals surface area contributed by atoms with Gasteiger partial charge in [0, 0.05) is 35.0 Å². The van der Waals surface area contributed by atoms with E-state index in [1.54, 1.807) is 17.0 Å². The number of hydrazine groups is 1. The fourth-order valence-electron chi connectivity index (χ4n) is 4.76. The van der Waals surface area contributed by atoms with E-state index in [9.17, 15) is 10.1 Å². The quantitative estimate of drug-likeness (QED) is 0.559. The molecule has 0 aromatic heterocycles. The molecule has 2 aromatic carbocycles. The number of para-hydroxylation sites is 1. The van der Waals surface area contributed by atoms with Crippen LogP contribution in [0.25, 0.3) is 0 Å². The van der Waals surface area contributed by atoms with Crippen molar-refractivity contribution in [1.29, 1.82) is 5.26 Å². The highest BCUT2D eigenvalue weighted by atomic mass is 79.9. The lowest BCUT2D eigenvalue weighted by Crippen LogP contribution is -2.43. The molecule has 3 aliphatic rings. The number of benzene rings is 2. The molecule has 4 unspecified atom stereocenters. The lowest BCUT2D eigenvalue weighted by molar-refractivity contribution is 0.0330. The second-order valence-corrected chi connectivity index (χ2v) is 9.22. The summed E-state index contributed by atoms with van der Waals surface area (Å²) < 4.78 is 18.0. The maximum atomic E-state index is 12.9. The molecule has 9 nitrogen and oxygen atoms in total. The molecule has 0 saturated carbocycles. The number of nitrogens with two attached hydrogens (primary N) is 1.